The van der Waals surface area contributed by atoms with Crippen LogP contribution in [0.4, 0.5) is 0 Å². The van der Waals surface area contributed by atoms with Gasteiger partial charge in [0, 0.05) is 0 Å². The molecule has 1 aromatic rings. The predicted octanol–water partition coefficient (Wildman–Crippen LogP) is 10.2. The van der Waals surface area contributed by atoms with Gasteiger partial charge in [-0.25, -0.2) is 4.79 Å². The second-order valence-corrected chi connectivity index (χ2v) is 14.2. The largest absolute Gasteiger partial charge is 0.482 e. The third-order valence-electron chi connectivity index (χ3n) is 10.2. The summed E-state index contributed by atoms with van der Waals surface area (Å²) in [6, 6.07) is 6.13. The van der Waals surface area contributed by atoms with Crippen LogP contribution in [0.5, 0.6) is 5.75 Å². The molecule has 45 heavy (non-hydrogen) atoms. The molecule has 0 aromatic heterocycles. The summed E-state index contributed by atoms with van der Waals surface area (Å²) in [5, 5.41) is 21.2. The fourth-order valence-corrected chi connectivity index (χ4v) is 7.30. The summed E-state index contributed by atoms with van der Waals surface area (Å²) in [5.74, 6) is 1.38. The van der Waals surface area contributed by atoms with Gasteiger partial charge in [0.15, 0.2) is 6.61 Å². The normalized spacial score (nSPS) is 18.3. The number of rotatable bonds is 27. The number of aliphatic hydroxyl groups is 2. The highest BCUT2D eigenvalue weighted by Crippen LogP contribution is 2.41. The van der Waals surface area contributed by atoms with Gasteiger partial charge in [-0.05, 0) is 80.4 Å². The lowest BCUT2D eigenvalue weighted by molar-refractivity contribution is -0.146. The van der Waals surface area contributed by atoms with Crippen LogP contribution >= 0.6 is 0 Å². The first-order valence-corrected chi connectivity index (χ1v) is 19.1. The van der Waals surface area contributed by atoms with Crippen LogP contribution in [0.15, 0.2) is 18.2 Å². The molecule has 0 saturated carbocycles. The van der Waals surface area contributed by atoms with E-state index >= 15 is 0 Å². The number of unbranched alkanes of at least 4 members (excludes halogenated alkanes) is 15. The highest BCUT2D eigenvalue weighted by atomic mass is 16.6. The molecule has 0 spiro atoms. The summed E-state index contributed by atoms with van der Waals surface area (Å²) in [6.45, 7) is 9.04. The molecule has 0 amide bonds. The van der Waals surface area contributed by atoms with Crippen molar-refractivity contribution in [2.75, 3.05) is 13.2 Å². The lowest BCUT2D eigenvalue weighted by Gasteiger charge is -2.39. The van der Waals surface area contributed by atoms with Gasteiger partial charge in [0.1, 0.15) is 5.75 Å². The van der Waals surface area contributed by atoms with Crippen molar-refractivity contribution in [3.63, 3.8) is 0 Å². The Morgan fingerprint density at radius 2 is 1.36 bits per heavy atom. The van der Waals surface area contributed by atoms with E-state index in [0.717, 1.165) is 70.0 Å². The Labute approximate surface area is 277 Å². The van der Waals surface area contributed by atoms with E-state index in [1.54, 1.807) is 0 Å². The molecule has 0 unspecified atom stereocenters. The highest BCUT2D eigenvalue weighted by molar-refractivity contribution is 5.71. The molecule has 260 valence electrons. The molecule has 5 nitrogen and oxygen atoms in total. The number of fused-ring (bicyclic) bond motifs is 1. The molecule has 1 aliphatic carbocycles. The second kappa shape index (κ2) is 24.6. The molecule has 0 radical (unpaired) electrons. The van der Waals surface area contributed by atoms with Gasteiger partial charge in [-0.3, -0.25) is 0 Å². The molecule has 1 aromatic carbocycles. The molecule has 0 saturated heterocycles. The van der Waals surface area contributed by atoms with E-state index < -0.39 is 6.10 Å². The van der Waals surface area contributed by atoms with Crippen LogP contribution in [0.3, 0.4) is 0 Å². The van der Waals surface area contributed by atoms with Crippen molar-refractivity contribution < 1.29 is 24.5 Å². The standard InChI is InChI=1S/C40H70O5/c1-5-7-9-10-11-12-13-14-15-16-17-18-19-21-28-44-40(43)31-45-39-25-22-23-34-30-37(32(3)29-38(34)39)36(33(4)41)27-26-35(42)24-20-8-6-2/h22-23,25,32-33,35-37,41-42H,5-21,24,26-31H2,1-4H3/t32-,33-,35+,36+,37+/m1/s1. The maximum atomic E-state index is 12.4. The average Bonchev–Trinajstić information content (AvgIpc) is 3.02. The van der Waals surface area contributed by atoms with Crippen LogP contribution in [0, 0.1) is 17.8 Å². The minimum Gasteiger partial charge on any atom is -0.482 e. The third-order valence-corrected chi connectivity index (χ3v) is 10.2. The van der Waals surface area contributed by atoms with Gasteiger partial charge in [-0.15, -0.1) is 0 Å². The average molecular weight is 631 g/mol. The molecular formula is C40H70O5. The number of carbonyl (C=O) groups is 1. The Morgan fingerprint density at radius 1 is 0.778 bits per heavy atom. The molecule has 0 aliphatic heterocycles. The SMILES string of the molecule is CCCCCCCCCCCCCCCCOC(=O)COc1cccc2c1C[C@@H](C)[C@@H]([C@@H](CC[C@@H](O)CCCCC)[C@@H](C)O)C2. The fraction of sp³-hybridized carbons (Fsp3) is 0.825. The molecular weight excluding hydrogens is 560 g/mol. The van der Waals surface area contributed by atoms with Gasteiger partial charge >= 0.3 is 5.97 Å². The first kappa shape index (κ1) is 39.6. The van der Waals surface area contributed by atoms with Crippen LogP contribution in [0.2, 0.25) is 0 Å². The van der Waals surface area contributed by atoms with Gasteiger partial charge in [-0.1, -0.05) is 136 Å². The molecule has 2 rings (SSSR count). The number of benzene rings is 1. The molecule has 5 atom stereocenters. The second-order valence-electron chi connectivity index (χ2n) is 14.2. The van der Waals surface area contributed by atoms with Crippen molar-refractivity contribution in [3.8, 4) is 5.75 Å². The summed E-state index contributed by atoms with van der Waals surface area (Å²) < 4.78 is 11.5. The van der Waals surface area contributed by atoms with Gasteiger partial charge in [0.05, 0.1) is 18.8 Å². The van der Waals surface area contributed by atoms with Crippen LogP contribution < -0.4 is 4.74 Å². The van der Waals surface area contributed by atoms with Crippen molar-refractivity contribution in [3.05, 3.63) is 29.3 Å². The maximum Gasteiger partial charge on any atom is 0.344 e. The van der Waals surface area contributed by atoms with Crippen molar-refractivity contribution >= 4 is 5.97 Å². The van der Waals surface area contributed by atoms with Crippen LogP contribution in [-0.4, -0.2) is 41.6 Å². The van der Waals surface area contributed by atoms with E-state index in [1.165, 1.54) is 88.2 Å². The minimum absolute atomic E-state index is 0.0565. The lowest BCUT2D eigenvalue weighted by atomic mass is 9.68. The van der Waals surface area contributed by atoms with E-state index in [2.05, 4.69) is 26.8 Å². The predicted molar refractivity (Wildman–Crippen MR) is 188 cm³/mol. The number of hydrogen-bond acceptors (Lipinski definition) is 5. The number of hydrogen-bond donors (Lipinski definition) is 2. The number of esters is 1. The summed E-state index contributed by atoms with van der Waals surface area (Å²) in [5.41, 5.74) is 2.44. The van der Waals surface area contributed by atoms with Crippen molar-refractivity contribution in [2.24, 2.45) is 17.8 Å². The van der Waals surface area contributed by atoms with Gasteiger partial charge in [0.25, 0.3) is 0 Å². The first-order valence-electron chi connectivity index (χ1n) is 19.1. The number of aliphatic hydroxyl groups excluding tert-OH is 2. The zero-order valence-electron chi connectivity index (χ0n) is 29.7. The minimum atomic E-state index is -0.407. The molecule has 0 fully saturated rings. The summed E-state index contributed by atoms with van der Waals surface area (Å²) >= 11 is 0. The first-order chi connectivity index (χ1) is 21.9. The summed E-state index contributed by atoms with van der Waals surface area (Å²) in [4.78, 5) is 12.4. The van der Waals surface area contributed by atoms with Crippen molar-refractivity contribution in [1.82, 2.24) is 0 Å². The molecule has 1 aliphatic rings. The van der Waals surface area contributed by atoms with E-state index in [0.29, 0.717) is 18.4 Å². The number of carbonyl (C=O) groups excluding carboxylic acids is 1. The Hall–Kier alpha value is -1.59. The van der Waals surface area contributed by atoms with Gasteiger partial charge < -0.3 is 19.7 Å². The topological polar surface area (TPSA) is 76.0 Å². The van der Waals surface area contributed by atoms with Crippen LogP contribution in [0.1, 0.15) is 167 Å². The van der Waals surface area contributed by atoms with Crippen molar-refractivity contribution in [1.29, 1.82) is 0 Å². The Morgan fingerprint density at radius 3 is 1.96 bits per heavy atom. The fourth-order valence-electron chi connectivity index (χ4n) is 7.30. The Kier molecular flexibility index (Phi) is 21.6. The van der Waals surface area contributed by atoms with Crippen LogP contribution in [0.25, 0.3) is 0 Å². The molecule has 0 bridgehead atoms. The van der Waals surface area contributed by atoms with Crippen molar-refractivity contribution in [2.45, 2.75) is 181 Å². The molecule has 0 heterocycles. The zero-order chi connectivity index (χ0) is 32.7. The smallest absolute Gasteiger partial charge is 0.344 e. The lowest BCUT2D eigenvalue weighted by Crippen LogP contribution is -2.36. The van der Waals surface area contributed by atoms with Crippen LogP contribution in [-0.2, 0) is 22.4 Å². The highest BCUT2D eigenvalue weighted by Gasteiger charge is 2.35. The summed E-state index contributed by atoms with van der Waals surface area (Å²) in [6.07, 6.45) is 25.3. The maximum absolute atomic E-state index is 12.4. The third kappa shape index (κ3) is 16.7. The Bertz CT molecular complexity index is 883. The Balaban J connectivity index is 1.64. The quantitative estimate of drug-likeness (QED) is 0.0747. The number of ether oxygens (including phenoxy) is 2. The van der Waals surface area contributed by atoms with E-state index in [-0.39, 0.29) is 24.6 Å². The van der Waals surface area contributed by atoms with E-state index in [1.807, 2.05) is 19.1 Å². The van der Waals surface area contributed by atoms with E-state index in [9.17, 15) is 15.0 Å². The zero-order valence-corrected chi connectivity index (χ0v) is 29.7. The van der Waals surface area contributed by atoms with Gasteiger partial charge in [-0.2, -0.15) is 0 Å². The van der Waals surface area contributed by atoms with E-state index in [4.69, 9.17) is 9.47 Å². The molecule has 2 N–H and O–H groups in total. The molecule has 5 heteroatoms. The monoisotopic (exact) mass is 631 g/mol. The van der Waals surface area contributed by atoms with Gasteiger partial charge in [0.2, 0.25) is 0 Å². The summed E-state index contributed by atoms with van der Waals surface area (Å²) in [7, 11) is 0.